The quantitative estimate of drug-likeness (QED) is 0.792. The summed E-state index contributed by atoms with van der Waals surface area (Å²) >= 11 is 0. The van der Waals surface area contributed by atoms with Gasteiger partial charge >= 0.3 is 0 Å². The fourth-order valence-electron chi connectivity index (χ4n) is 3.03. The Hall–Kier alpha value is -0.120. The van der Waals surface area contributed by atoms with Crippen LogP contribution in [-0.4, -0.2) is 49.8 Å². The third-order valence-electron chi connectivity index (χ3n) is 4.36. The summed E-state index contributed by atoms with van der Waals surface area (Å²) in [5.41, 5.74) is 0. The van der Waals surface area contributed by atoms with Gasteiger partial charge in [0.1, 0.15) is 0 Å². The molecule has 3 atom stereocenters. The molecule has 1 N–H and O–H groups in total. The fraction of sp³-hybridized carbons (Fsp3) is 1.00. The summed E-state index contributed by atoms with van der Waals surface area (Å²) in [4.78, 5) is 2.67. The summed E-state index contributed by atoms with van der Waals surface area (Å²) < 4.78 is 5.50. The largest absolute Gasteiger partial charge is 0.381 e. The number of hydrogen-bond acceptors (Lipinski definition) is 3. The van der Waals surface area contributed by atoms with Gasteiger partial charge in [0.25, 0.3) is 0 Å². The summed E-state index contributed by atoms with van der Waals surface area (Å²) in [5, 5.41) is 3.57. The van der Waals surface area contributed by atoms with Gasteiger partial charge in [-0.3, -0.25) is 4.90 Å². The van der Waals surface area contributed by atoms with Crippen LogP contribution in [0.3, 0.4) is 0 Å². The van der Waals surface area contributed by atoms with Crippen molar-refractivity contribution in [3.63, 3.8) is 0 Å². The summed E-state index contributed by atoms with van der Waals surface area (Å²) in [5.74, 6) is 1.62. The standard InChI is InChI=1S/C14H28N2O/c1-11(2)15-8-13-4-6-16(9-13)12(3)14-5-7-17-10-14/h11-15H,4-10H2,1-3H3. The van der Waals surface area contributed by atoms with Gasteiger partial charge in [0.05, 0.1) is 6.61 Å². The maximum Gasteiger partial charge on any atom is 0.0509 e. The molecule has 100 valence electrons. The Labute approximate surface area is 106 Å². The van der Waals surface area contributed by atoms with Gasteiger partial charge in [-0.15, -0.1) is 0 Å². The van der Waals surface area contributed by atoms with Crippen LogP contribution in [0.2, 0.25) is 0 Å². The van der Waals surface area contributed by atoms with Crippen LogP contribution in [0.25, 0.3) is 0 Å². The molecular formula is C14H28N2O. The average Bonchev–Trinajstić information content (AvgIpc) is 2.97. The van der Waals surface area contributed by atoms with Crippen LogP contribution in [0.1, 0.15) is 33.6 Å². The Kier molecular flexibility index (Phi) is 4.83. The van der Waals surface area contributed by atoms with E-state index in [2.05, 4.69) is 31.0 Å². The Balaban J connectivity index is 1.72. The second-order valence-corrected chi connectivity index (χ2v) is 6.08. The van der Waals surface area contributed by atoms with Crippen molar-refractivity contribution < 1.29 is 4.74 Å². The first-order valence-electron chi connectivity index (χ1n) is 7.22. The summed E-state index contributed by atoms with van der Waals surface area (Å²) in [6, 6.07) is 1.33. The highest BCUT2D eigenvalue weighted by Gasteiger charge is 2.31. The van der Waals surface area contributed by atoms with E-state index in [1.807, 2.05) is 0 Å². The van der Waals surface area contributed by atoms with Crippen molar-refractivity contribution in [3.05, 3.63) is 0 Å². The van der Waals surface area contributed by atoms with E-state index in [0.717, 1.165) is 25.0 Å². The zero-order valence-electron chi connectivity index (χ0n) is 11.6. The number of nitrogens with one attached hydrogen (secondary N) is 1. The lowest BCUT2D eigenvalue weighted by molar-refractivity contribution is 0.142. The molecule has 0 aromatic heterocycles. The maximum absolute atomic E-state index is 5.50. The zero-order valence-corrected chi connectivity index (χ0v) is 11.6. The zero-order chi connectivity index (χ0) is 12.3. The average molecular weight is 240 g/mol. The van der Waals surface area contributed by atoms with Crippen molar-refractivity contribution >= 4 is 0 Å². The van der Waals surface area contributed by atoms with Crippen molar-refractivity contribution in [1.82, 2.24) is 10.2 Å². The molecule has 3 unspecified atom stereocenters. The van der Waals surface area contributed by atoms with Gasteiger partial charge < -0.3 is 10.1 Å². The molecule has 2 heterocycles. The molecule has 2 aliphatic heterocycles. The Morgan fingerprint density at radius 2 is 2.12 bits per heavy atom. The molecule has 0 amide bonds. The second-order valence-electron chi connectivity index (χ2n) is 6.08. The second kappa shape index (κ2) is 6.17. The molecule has 3 heteroatoms. The SMILES string of the molecule is CC(C)NCC1CCN(C(C)C2CCOC2)C1. The predicted octanol–water partition coefficient (Wildman–Crippen LogP) is 1.73. The smallest absolute Gasteiger partial charge is 0.0509 e. The monoisotopic (exact) mass is 240 g/mol. The van der Waals surface area contributed by atoms with Gasteiger partial charge in [-0.2, -0.15) is 0 Å². The van der Waals surface area contributed by atoms with E-state index in [1.54, 1.807) is 0 Å². The number of ether oxygens (including phenoxy) is 1. The molecular weight excluding hydrogens is 212 g/mol. The topological polar surface area (TPSA) is 24.5 Å². The van der Waals surface area contributed by atoms with E-state index in [1.165, 1.54) is 32.5 Å². The molecule has 0 aliphatic carbocycles. The molecule has 0 aromatic carbocycles. The van der Waals surface area contributed by atoms with Gasteiger partial charge in [-0.1, -0.05) is 13.8 Å². The Morgan fingerprint density at radius 1 is 1.29 bits per heavy atom. The first-order valence-corrected chi connectivity index (χ1v) is 7.22. The van der Waals surface area contributed by atoms with E-state index < -0.39 is 0 Å². The third-order valence-corrected chi connectivity index (χ3v) is 4.36. The molecule has 2 saturated heterocycles. The van der Waals surface area contributed by atoms with Crippen LogP contribution in [0.5, 0.6) is 0 Å². The Morgan fingerprint density at radius 3 is 2.76 bits per heavy atom. The minimum Gasteiger partial charge on any atom is -0.381 e. The van der Waals surface area contributed by atoms with Crippen molar-refractivity contribution in [2.75, 3.05) is 32.8 Å². The van der Waals surface area contributed by atoms with Crippen molar-refractivity contribution in [3.8, 4) is 0 Å². The fourth-order valence-corrected chi connectivity index (χ4v) is 3.03. The van der Waals surface area contributed by atoms with E-state index in [-0.39, 0.29) is 0 Å². The summed E-state index contributed by atoms with van der Waals surface area (Å²) in [7, 11) is 0. The van der Waals surface area contributed by atoms with Crippen LogP contribution in [0.15, 0.2) is 0 Å². The predicted molar refractivity (Wildman–Crippen MR) is 71.2 cm³/mol. The van der Waals surface area contributed by atoms with Crippen LogP contribution >= 0.6 is 0 Å². The highest BCUT2D eigenvalue weighted by atomic mass is 16.5. The molecule has 2 aliphatic rings. The Bertz CT molecular complexity index is 226. The van der Waals surface area contributed by atoms with Crippen LogP contribution in [-0.2, 0) is 4.74 Å². The van der Waals surface area contributed by atoms with Gasteiger partial charge in [0.2, 0.25) is 0 Å². The van der Waals surface area contributed by atoms with Crippen molar-refractivity contribution in [1.29, 1.82) is 0 Å². The lowest BCUT2D eigenvalue weighted by Crippen LogP contribution is -2.38. The van der Waals surface area contributed by atoms with E-state index in [9.17, 15) is 0 Å². The normalized spacial score (nSPS) is 32.5. The summed E-state index contributed by atoms with van der Waals surface area (Å²) in [6.07, 6.45) is 2.62. The van der Waals surface area contributed by atoms with Gasteiger partial charge in [0, 0.05) is 25.2 Å². The van der Waals surface area contributed by atoms with Crippen LogP contribution in [0.4, 0.5) is 0 Å². The lowest BCUT2D eigenvalue weighted by Gasteiger charge is -2.28. The first kappa shape index (κ1) is 13.3. The number of hydrogen-bond donors (Lipinski definition) is 1. The maximum atomic E-state index is 5.50. The number of likely N-dealkylation sites (tertiary alicyclic amines) is 1. The number of nitrogens with zero attached hydrogens (tertiary/aromatic N) is 1. The highest BCUT2D eigenvalue weighted by molar-refractivity contribution is 4.85. The molecule has 17 heavy (non-hydrogen) atoms. The van der Waals surface area contributed by atoms with Crippen molar-refractivity contribution in [2.45, 2.75) is 45.7 Å². The molecule has 2 fully saturated rings. The number of rotatable bonds is 5. The van der Waals surface area contributed by atoms with Crippen LogP contribution < -0.4 is 5.32 Å². The molecule has 2 rings (SSSR count). The third kappa shape index (κ3) is 3.67. The highest BCUT2D eigenvalue weighted by Crippen LogP contribution is 2.26. The lowest BCUT2D eigenvalue weighted by atomic mass is 9.99. The van der Waals surface area contributed by atoms with Crippen LogP contribution in [0, 0.1) is 11.8 Å². The molecule has 0 spiro atoms. The molecule has 0 saturated carbocycles. The molecule has 0 aromatic rings. The minimum absolute atomic E-state index is 0.615. The molecule has 3 nitrogen and oxygen atoms in total. The minimum atomic E-state index is 0.615. The van der Waals surface area contributed by atoms with E-state index >= 15 is 0 Å². The first-order chi connectivity index (χ1) is 8.16. The van der Waals surface area contributed by atoms with E-state index in [0.29, 0.717) is 12.1 Å². The molecule has 0 radical (unpaired) electrons. The summed E-state index contributed by atoms with van der Waals surface area (Å²) in [6.45, 7) is 12.5. The molecule has 0 bridgehead atoms. The van der Waals surface area contributed by atoms with Crippen molar-refractivity contribution in [2.24, 2.45) is 11.8 Å². The van der Waals surface area contributed by atoms with Gasteiger partial charge in [-0.25, -0.2) is 0 Å². The van der Waals surface area contributed by atoms with Gasteiger partial charge in [0.15, 0.2) is 0 Å². The van der Waals surface area contributed by atoms with E-state index in [4.69, 9.17) is 4.74 Å². The van der Waals surface area contributed by atoms with Gasteiger partial charge in [-0.05, 0) is 44.7 Å².